The molecule has 0 atom stereocenters. The minimum Gasteiger partial charge on any atom is -0.476 e. The first-order chi connectivity index (χ1) is 8.70. The number of rotatable bonds is 2. The molecule has 0 saturated heterocycles. The lowest BCUT2D eigenvalue weighted by atomic mass is 10.1. The summed E-state index contributed by atoms with van der Waals surface area (Å²) in [5.74, 6) is -1.19. The van der Waals surface area contributed by atoms with Crippen molar-refractivity contribution in [1.29, 1.82) is 0 Å². The molecule has 0 fully saturated rings. The van der Waals surface area contributed by atoms with E-state index in [4.69, 9.17) is 4.42 Å². The highest BCUT2D eigenvalue weighted by atomic mass is 16.5. The number of furan rings is 1. The molecule has 1 aromatic carbocycles. The number of hydrogen-bond acceptors (Lipinski definition) is 3. The van der Waals surface area contributed by atoms with Gasteiger partial charge in [-0.1, -0.05) is 18.2 Å². The van der Waals surface area contributed by atoms with Gasteiger partial charge < -0.3 is 14.7 Å². The van der Waals surface area contributed by atoms with E-state index in [2.05, 4.69) is 0 Å². The van der Waals surface area contributed by atoms with Crippen LogP contribution in [0.25, 0.3) is 22.0 Å². The molecule has 2 aromatic heterocycles. The van der Waals surface area contributed by atoms with Crippen LogP contribution in [-0.2, 0) is 0 Å². The first-order valence-electron chi connectivity index (χ1n) is 5.28. The standard InChI is InChI=1S/C13H9NO4/c15-13(16)12-11(8-5-6-18-7-8)9-3-1-2-4-10(9)14(12)17/h1-7,17H,(H,15,16). The Hall–Kier alpha value is -2.69. The molecule has 0 aliphatic carbocycles. The second-order valence-corrected chi connectivity index (χ2v) is 3.87. The maximum atomic E-state index is 11.3. The van der Waals surface area contributed by atoms with Crippen molar-refractivity contribution in [3.05, 3.63) is 48.6 Å². The smallest absolute Gasteiger partial charge is 0.356 e. The molecule has 3 rings (SSSR count). The van der Waals surface area contributed by atoms with Gasteiger partial charge in [-0.25, -0.2) is 4.79 Å². The van der Waals surface area contributed by atoms with E-state index >= 15 is 0 Å². The van der Waals surface area contributed by atoms with Crippen molar-refractivity contribution >= 4 is 16.9 Å². The summed E-state index contributed by atoms with van der Waals surface area (Å²) in [6, 6.07) is 8.60. The van der Waals surface area contributed by atoms with E-state index in [9.17, 15) is 15.1 Å². The second kappa shape index (κ2) is 3.66. The number of aromatic nitrogens is 1. The minimum absolute atomic E-state index is 0.169. The van der Waals surface area contributed by atoms with Gasteiger partial charge in [0.05, 0.1) is 18.0 Å². The third kappa shape index (κ3) is 1.31. The van der Waals surface area contributed by atoms with Crippen molar-refractivity contribution in [3.63, 3.8) is 0 Å². The number of carboxylic acids is 1. The van der Waals surface area contributed by atoms with Crippen molar-refractivity contribution in [1.82, 2.24) is 4.73 Å². The Labute approximate surface area is 101 Å². The van der Waals surface area contributed by atoms with Gasteiger partial charge in [0.15, 0.2) is 5.69 Å². The molecule has 0 aliphatic rings. The molecule has 2 N–H and O–H groups in total. The van der Waals surface area contributed by atoms with Crippen LogP contribution < -0.4 is 0 Å². The zero-order chi connectivity index (χ0) is 12.7. The Morgan fingerprint density at radius 3 is 2.67 bits per heavy atom. The Bertz CT molecular complexity index is 725. The number of benzene rings is 1. The van der Waals surface area contributed by atoms with Crippen molar-refractivity contribution in [3.8, 4) is 11.1 Å². The van der Waals surface area contributed by atoms with Gasteiger partial charge in [0.25, 0.3) is 0 Å². The molecule has 0 unspecified atom stereocenters. The van der Waals surface area contributed by atoms with Crippen LogP contribution >= 0.6 is 0 Å². The average Bonchev–Trinajstić information content (AvgIpc) is 2.96. The summed E-state index contributed by atoms with van der Waals surface area (Å²) < 4.78 is 5.67. The van der Waals surface area contributed by atoms with Gasteiger partial charge in [0.2, 0.25) is 0 Å². The van der Waals surface area contributed by atoms with Gasteiger partial charge in [-0.3, -0.25) is 0 Å². The zero-order valence-corrected chi connectivity index (χ0v) is 9.20. The zero-order valence-electron chi connectivity index (χ0n) is 9.20. The maximum Gasteiger partial charge on any atom is 0.356 e. The summed E-state index contributed by atoms with van der Waals surface area (Å²) in [7, 11) is 0. The van der Waals surface area contributed by atoms with E-state index in [0.717, 1.165) is 0 Å². The van der Waals surface area contributed by atoms with Crippen LogP contribution in [0.3, 0.4) is 0 Å². The summed E-state index contributed by atoms with van der Waals surface area (Å²) >= 11 is 0. The summed E-state index contributed by atoms with van der Waals surface area (Å²) in [5, 5.41) is 19.8. The highest BCUT2D eigenvalue weighted by Gasteiger charge is 2.23. The molecule has 0 amide bonds. The summed E-state index contributed by atoms with van der Waals surface area (Å²) in [5.41, 5.74) is 1.36. The molecule has 0 bridgehead atoms. The minimum atomic E-state index is -1.19. The highest BCUT2D eigenvalue weighted by molar-refractivity contribution is 6.07. The molecule has 0 saturated carbocycles. The normalized spacial score (nSPS) is 10.9. The Balaban J connectivity index is 2.48. The van der Waals surface area contributed by atoms with Crippen molar-refractivity contribution < 1.29 is 19.5 Å². The number of aromatic carboxylic acids is 1. The first kappa shape index (κ1) is 10.5. The molecule has 5 heteroatoms. The molecular formula is C13H9NO4. The number of fused-ring (bicyclic) bond motifs is 1. The fourth-order valence-corrected chi connectivity index (χ4v) is 2.12. The van der Waals surface area contributed by atoms with Gasteiger partial charge in [-0.05, 0) is 12.1 Å². The van der Waals surface area contributed by atoms with Crippen molar-refractivity contribution in [2.45, 2.75) is 0 Å². The van der Waals surface area contributed by atoms with E-state index in [1.807, 2.05) is 0 Å². The topological polar surface area (TPSA) is 75.6 Å². The number of carbonyl (C=O) groups is 1. The average molecular weight is 243 g/mol. The maximum absolute atomic E-state index is 11.3. The fourth-order valence-electron chi connectivity index (χ4n) is 2.12. The quantitative estimate of drug-likeness (QED) is 0.678. The molecule has 90 valence electrons. The summed E-state index contributed by atoms with van der Waals surface area (Å²) in [6.07, 6.45) is 2.92. The lowest BCUT2D eigenvalue weighted by Crippen LogP contribution is -2.06. The molecular weight excluding hydrogens is 234 g/mol. The molecule has 3 aromatic rings. The lowest BCUT2D eigenvalue weighted by Gasteiger charge is -1.99. The number of para-hydroxylation sites is 1. The second-order valence-electron chi connectivity index (χ2n) is 3.87. The number of nitrogens with zero attached hydrogens (tertiary/aromatic N) is 1. The van der Waals surface area contributed by atoms with Gasteiger partial charge in [0, 0.05) is 16.5 Å². The Morgan fingerprint density at radius 1 is 1.22 bits per heavy atom. The Morgan fingerprint density at radius 2 is 2.00 bits per heavy atom. The van der Waals surface area contributed by atoms with E-state index in [1.165, 1.54) is 12.5 Å². The number of carboxylic acid groups (broad SMARTS) is 1. The highest BCUT2D eigenvalue weighted by Crippen LogP contribution is 2.34. The fraction of sp³-hybridized carbons (Fsp3) is 0. The van der Waals surface area contributed by atoms with Crippen LogP contribution in [-0.4, -0.2) is 21.0 Å². The van der Waals surface area contributed by atoms with E-state index < -0.39 is 5.97 Å². The third-order valence-corrected chi connectivity index (χ3v) is 2.86. The van der Waals surface area contributed by atoms with Crippen LogP contribution in [0.5, 0.6) is 0 Å². The summed E-state index contributed by atoms with van der Waals surface area (Å²) in [6.45, 7) is 0. The summed E-state index contributed by atoms with van der Waals surface area (Å²) in [4.78, 5) is 11.3. The van der Waals surface area contributed by atoms with Crippen molar-refractivity contribution in [2.24, 2.45) is 0 Å². The van der Waals surface area contributed by atoms with Gasteiger partial charge in [-0.15, -0.1) is 0 Å². The predicted molar refractivity (Wildman–Crippen MR) is 63.8 cm³/mol. The van der Waals surface area contributed by atoms with E-state index in [-0.39, 0.29) is 5.69 Å². The number of hydrogen-bond donors (Lipinski definition) is 2. The van der Waals surface area contributed by atoms with Gasteiger partial charge in [-0.2, -0.15) is 4.73 Å². The molecule has 0 radical (unpaired) electrons. The van der Waals surface area contributed by atoms with Gasteiger partial charge in [0.1, 0.15) is 0 Å². The van der Waals surface area contributed by atoms with E-state index in [1.54, 1.807) is 30.3 Å². The first-order valence-corrected chi connectivity index (χ1v) is 5.28. The van der Waals surface area contributed by atoms with Crippen LogP contribution in [0.2, 0.25) is 0 Å². The largest absolute Gasteiger partial charge is 0.476 e. The van der Waals surface area contributed by atoms with E-state index in [0.29, 0.717) is 26.8 Å². The molecule has 18 heavy (non-hydrogen) atoms. The van der Waals surface area contributed by atoms with Crippen LogP contribution in [0.4, 0.5) is 0 Å². The molecule has 0 aliphatic heterocycles. The molecule has 5 nitrogen and oxygen atoms in total. The van der Waals surface area contributed by atoms with Gasteiger partial charge >= 0.3 is 5.97 Å². The van der Waals surface area contributed by atoms with Crippen LogP contribution in [0, 0.1) is 0 Å². The van der Waals surface area contributed by atoms with Crippen LogP contribution in [0.1, 0.15) is 10.5 Å². The molecule has 0 spiro atoms. The van der Waals surface area contributed by atoms with Crippen LogP contribution in [0.15, 0.2) is 47.3 Å². The SMILES string of the molecule is O=C(O)c1c(-c2ccoc2)c2ccccc2n1O. The lowest BCUT2D eigenvalue weighted by molar-refractivity contribution is 0.0651. The monoisotopic (exact) mass is 243 g/mol. The predicted octanol–water partition coefficient (Wildman–Crippen LogP) is 2.84. The van der Waals surface area contributed by atoms with Crippen molar-refractivity contribution in [2.75, 3.05) is 0 Å². The Kier molecular flexibility index (Phi) is 2.13. The molecule has 2 heterocycles. The third-order valence-electron chi connectivity index (χ3n) is 2.86.